The molecule has 0 heterocycles. The molecular weight excluding hydrogens is 132 g/mol. The summed E-state index contributed by atoms with van der Waals surface area (Å²) in [6, 6.07) is 0. The maximum absolute atomic E-state index is 2.21. The van der Waals surface area contributed by atoms with Gasteiger partial charge in [-0.25, -0.2) is 0 Å². The van der Waals surface area contributed by atoms with Crippen LogP contribution in [0, 0.1) is 0 Å². The minimum Gasteiger partial charge on any atom is -0.0776 e. The van der Waals surface area contributed by atoms with Crippen LogP contribution in [0.3, 0.4) is 0 Å². The molecule has 0 aromatic rings. The van der Waals surface area contributed by atoms with Crippen molar-refractivity contribution in [3.05, 3.63) is 23.3 Å². The zero-order valence-corrected chi connectivity index (χ0v) is 7.57. The monoisotopic (exact) mass is 154 g/mol. The van der Waals surface area contributed by atoms with Crippen molar-refractivity contribution in [2.24, 2.45) is 0 Å². The summed E-state index contributed by atoms with van der Waals surface area (Å²) in [4.78, 5) is 0. The SMILES string of the molecule is C.CC.CC1=CC=C(C)CC1. The second-order valence-corrected chi connectivity index (χ2v) is 2.53. The molecule has 0 spiro atoms. The molecule has 66 valence electrons. The van der Waals surface area contributed by atoms with Gasteiger partial charge in [-0.2, -0.15) is 0 Å². The van der Waals surface area contributed by atoms with Gasteiger partial charge in [0.15, 0.2) is 0 Å². The normalized spacial score (nSPS) is 14.9. The number of hydrogen-bond donors (Lipinski definition) is 0. The summed E-state index contributed by atoms with van der Waals surface area (Å²) in [5, 5.41) is 0. The van der Waals surface area contributed by atoms with E-state index in [0.717, 1.165) is 0 Å². The lowest BCUT2D eigenvalue weighted by Gasteiger charge is -2.05. The van der Waals surface area contributed by atoms with E-state index in [4.69, 9.17) is 0 Å². The van der Waals surface area contributed by atoms with Crippen LogP contribution in [-0.2, 0) is 0 Å². The van der Waals surface area contributed by atoms with Gasteiger partial charge in [-0.3, -0.25) is 0 Å². The molecule has 0 fully saturated rings. The lowest BCUT2D eigenvalue weighted by molar-refractivity contribution is 0.906. The third-order valence-electron chi connectivity index (χ3n) is 1.57. The molecule has 0 aliphatic heterocycles. The molecule has 0 nitrogen and oxygen atoms in total. The highest BCUT2D eigenvalue weighted by Gasteiger charge is 1.95. The molecule has 0 unspecified atom stereocenters. The molecule has 0 atom stereocenters. The van der Waals surface area contributed by atoms with Crippen LogP contribution >= 0.6 is 0 Å². The molecule has 0 heteroatoms. The fourth-order valence-electron chi connectivity index (χ4n) is 0.846. The average molecular weight is 154 g/mol. The highest BCUT2D eigenvalue weighted by atomic mass is 14.0. The molecule has 1 rings (SSSR count). The van der Waals surface area contributed by atoms with Gasteiger partial charge in [0.2, 0.25) is 0 Å². The van der Waals surface area contributed by atoms with E-state index in [1.807, 2.05) is 13.8 Å². The summed E-state index contributed by atoms with van der Waals surface area (Å²) in [7, 11) is 0. The van der Waals surface area contributed by atoms with Crippen LogP contribution in [0.5, 0.6) is 0 Å². The van der Waals surface area contributed by atoms with Crippen molar-refractivity contribution in [3.8, 4) is 0 Å². The predicted molar refractivity (Wildman–Crippen MR) is 54.8 cm³/mol. The van der Waals surface area contributed by atoms with E-state index in [2.05, 4.69) is 26.0 Å². The molecular formula is C11H22. The van der Waals surface area contributed by atoms with Crippen LogP contribution in [0.4, 0.5) is 0 Å². The van der Waals surface area contributed by atoms with Crippen LogP contribution in [0.2, 0.25) is 0 Å². The van der Waals surface area contributed by atoms with Crippen LogP contribution in [0.25, 0.3) is 0 Å². The van der Waals surface area contributed by atoms with E-state index in [0.29, 0.717) is 0 Å². The second kappa shape index (κ2) is 7.59. The topological polar surface area (TPSA) is 0 Å². The summed E-state index contributed by atoms with van der Waals surface area (Å²) < 4.78 is 0. The predicted octanol–water partition coefficient (Wildman–Crippen LogP) is 4.34. The Morgan fingerprint density at radius 1 is 0.909 bits per heavy atom. The summed E-state index contributed by atoms with van der Waals surface area (Å²) in [6.07, 6.45) is 6.95. The first-order valence-electron chi connectivity index (χ1n) is 4.12. The van der Waals surface area contributed by atoms with Gasteiger partial charge in [0.1, 0.15) is 0 Å². The van der Waals surface area contributed by atoms with E-state index in [9.17, 15) is 0 Å². The van der Waals surface area contributed by atoms with Crippen LogP contribution in [0.15, 0.2) is 23.3 Å². The minimum absolute atomic E-state index is 0. The smallest absolute Gasteiger partial charge is 0.0283 e. The van der Waals surface area contributed by atoms with Gasteiger partial charge in [-0.15, -0.1) is 0 Å². The third kappa shape index (κ3) is 5.90. The lowest BCUT2D eigenvalue weighted by Crippen LogP contribution is -1.85. The Labute approximate surface area is 72.0 Å². The standard InChI is InChI=1S/C8H12.C2H6.CH4/c1-7-3-5-8(2)6-4-7;1-2;/h3,5H,4,6H2,1-2H3;1-2H3;1H4. The van der Waals surface area contributed by atoms with Crippen LogP contribution in [-0.4, -0.2) is 0 Å². The number of rotatable bonds is 0. The first-order valence-corrected chi connectivity index (χ1v) is 4.12. The first-order chi connectivity index (χ1) is 4.79. The molecule has 1 aliphatic rings. The molecule has 1 aliphatic carbocycles. The van der Waals surface area contributed by atoms with Gasteiger partial charge in [0.25, 0.3) is 0 Å². The van der Waals surface area contributed by atoms with Crippen molar-refractivity contribution in [2.75, 3.05) is 0 Å². The Bertz CT molecular complexity index is 120. The lowest BCUT2D eigenvalue weighted by atomic mass is 10.0. The van der Waals surface area contributed by atoms with Gasteiger partial charge in [0.05, 0.1) is 0 Å². The maximum Gasteiger partial charge on any atom is -0.0283 e. The van der Waals surface area contributed by atoms with Crippen molar-refractivity contribution in [1.82, 2.24) is 0 Å². The van der Waals surface area contributed by atoms with E-state index in [1.165, 1.54) is 24.0 Å². The van der Waals surface area contributed by atoms with Crippen molar-refractivity contribution in [2.45, 2.75) is 48.0 Å². The average Bonchev–Trinajstić information content (AvgIpc) is 2.00. The van der Waals surface area contributed by atoms with Gasteiger partial charge < -0.3 is 0 Å². The molecule has 0 saturated heterocycles. The van der Waals surface area contributed by atoms with E-state index in [1.54, 1.807) is 0 Å². The number of hydrogen-bond acceptors (Lipinski definition) is 0. The van der Waals surface area contributed by atoms with E-state index < -0.39 is 0 Å². The molecule has 0 radical (unpaired) electrons. The Hall–Kier alpha value is -0.520. The first kappa shape index (κ1) is 13.1. The largest absolute Gasteiger partial charge is 0.0776 e. The van der Waals surface area contributed by atoms with Crippen LogP contribution < -0.4 is 0 Å². The summed E-state index contributed by atoms with van der Waals surface area (Å²) in [5.41, 5.74) is 3.02. The zero-order valence-electron chi connectivity index (χ0n) is 7.57. The zero-order chi connectivity index (χ0) is 7.98. The molecule has 0 aromatic carbocycles. The number of allylic oxidation sites excluding steroid dienone is 4. The van der Waals surface area contributed by atoms with Crippen molar-refractivity contribution in [3.63, 3.8) is 0 Å². The third-order valence-corrected chi connectivity index (χ3v) is 1.57. The van der Waals surface area contributed by atoms with Crippen molar-refractivity contribution < 1.29 is 0 Å². The molecule has 0 bridgehead atoms. The Kier molecular flexibility index (Phi) is 9.03. The molecule has 0 aromatic heterocycles. The Morgan fingerprint density at radius 2 is 1.18 bits per heavy atom. The van der Waals surface area contributed by atoms with Gasteiger partial charge in [-0.05, 0) is 26.7 Å². The maximum atomic E-state index is 2.21. The molecule has 11 heavy (non-hydrogen) atoms. The second-order valence-electron chi connectivity index (χ2n) is 2.53. The van der Waals surface area contributed by atoms with E-state index >= 15 is 0 Å². The highest BCUT2D eigenvalue weighted by Crippen LogP contribution is 2.15. The minimum atomic E-state index is 0. The summed E-state index contributed by atoms with van der Waals surface area (Å²) >= 11 is 0. The van der Waals surface area contributed by atoms with Gasteiger partial charge in [0, 0.05) is 0 Å². The van der Waals surface area contributed by atoms with Gasteiger partial charge in [-0.1, -0.05) is 44.6 Å². The summed E-state index contributed by atoms with van der Waals surface area (Å²) in [5.74, 6) is 0. The quantitative estimate of drug-likeness (QED) is 0.487. The highest BCUT2D eigenvalue weighted by molar-refractivity contribution is 5.20. The molecule has 0 N–H and O–H groups in total. The Balaban J connectivity index is 0. The molecule has 0 saturated carbocycles. The fraction of sp³-hybridized carbons (Fsp3) is 0.636. The van der Waals surface area contributed by atoms with E-state index in [-0.39, 0.29) is 7.43 Å². The fourth-order valence-corrected chi connectivity index (χ4v) is 0.846. The van der Waals surface area contributed by atoms with Crippen molar-refractivity contribution >= 4 is 0 Å². The molecule has 0 amide bonds. The van der Waals surface area contributed by atoms with Crippen LogP contribution in [0.1, 0.15) is 48.0 Å². The van der Waals surface area contributed by atoms with Gasteiger partial charge >= 0.3 is 0 Å². The Morgan fingerprint density at radius 3 is 1.36 bits per heavy atom. The van der Waals surface area contributed by atoms with Crippen molar-refractivity contribution in [1.29, 1.82) is 0 Å². The summed E-state index contributed by atoms with van der Waals surface area (Å²) in [6.45, 7) is 8.37.